The molecule has 8 heteroatoms. The molecule has 1 heterocycles. The van der Waals surface area contributed by atoms with Gasteiger partial charge in [0.2, 0.25) is 0 Å². The Balaban J connectivity index is 1.48. The van der Waals surface area contributed by atoms with Gasteiger partial charge < -0.3 is 14.4 Å². The normalized spacial score (nSPS) is 12.8. The van der Waals surface area contributed by atoms with E-state index in [0.29, 0.717) is 12.3 Å². The van der Waals surface area contributed by atoms with Gasteiger partial charge >= 0.3 is 5.97 Å². The maximum atomic E-state index is 12.4. The van der Waals surface area contributed by atoms with E-state index < -0.39 is 10.9 Å². The van der Waals surface area contributed by atoms with E-state index in [0.717, 1.165) is 24.1 Å². The highest BCUT2D eigenvalue weighted by atomic mass is 16.6. The number of hydrogen-bond donors (Lipinski definition) is 0. The molecular weight excluding hydrogens is 352 g/mol. The Morgan fingerprint density at radius 1 is 1.07 bits per heavy atom. The van der Waals surface area contributed by atoms with E-state index in [1.54, 1.807) is 4.90 Å². The highest BCUT2D eigenvalue weighted by molar-refractivity contribution is 5.96. The Morgan fingerprint density at radius 3 is 2.56 bits per heavy atom. The molecule has 27 heavy (non-hydrogen) atoms. The Bertz CT molecular complexity index is 850. The molecule has 2 aromatic carbocycles. The van der Waals surface area contributed by atoms with Crippen molar-refractivity contribution in [3.05, 3.63) is 64.2 Å². The van der Waals surface area contributed by atoms with Gasteiger partial charge in [-0.25, -0.2) is 4.79 Å². The van der Waals surface area contributed by atoms with Crippen LogP contribution in [0.2, 0.25) is 0 Å². The van der Waals surface area contributed by atoms with Gasteiger partial charge in [0.15, 0.2) is 13.2 Å². The number of esters is 1. The van der Waals surface area contributed by atoms with Crippen LogP contribution in [0.1, 0.15) is 12.0 Å². The lowest BCUT2D eigenvalue weighted by Gasteiger charge is -2.29. The number of rotatable bonds is 6. The summed E-state index contributed by atoms with van der Waals surface area (Å²) in [4.78, 5) is 35.9. The van der Waals surface area contributed by atoms with Crippen LogP contribution in [-0.2, 0) is 20.7 Å². The molecule has 0 atom stereocenters. The third kappa shape index (κ3) is 4.60. The highest BCUT2D eigenvalue weighted by Crippen LogP contribution is 2.26. The summed E-state index contributed by atoms with van der Waals surface area (Å²) in [5.41, 5.74) is 1.88. The molecule has 0 saturated heterocycles. The number of non-ortho nitro benzene ring substituents is 1. The van der Waals surface area contributed by atoms with Crippen LogP contribution in [0, 0.1) is 10.1 Å². The summed E-state index contributed by atoms with van der Waals surface area (Å²) in [6, 6.07) is 13.0. The summed E-state index contributed by atoms with van der Waals surface area (Å²) in [6.07, 6.45) is 1.78. The predicted octanol–water partition coefficient (Wildman–Crippen LogP) is 2.50. The first kappa shape index (κ1) is 18.4. The fourth-order valence-corrected chi connectivity index (χ4v) is 2.86. The zero-order valence-corrected chi connectivity index (χ0v) is 14.5. The maximum Gasteiger partial charge on any atom is 0.344 e. The van der Waals surface area contributed by atoms with Crippen LogP contribution >= 0.6 is 0 Å². The number of hydrogen-bond acceptors (Lipinski definition) is 6. The second-order valence-corrected chi connectivity index (χ2v) is 5.98. The van der Waals surface area contributed by atoms with Crippen molar-refractivity contribution in [3.63, 3.8) is 0 Å². The first-order valence-electron chi connectivity index (χ1n) is 8.46. The zero-order valence-electron chi connectivity index (χ0n) is 14.5. The summed E-state index contributed by atoms with van der Waals surface area (Å²) >= 11 is 0. The van der Waals surface area contributed by atoms with Crippen molar-refractivity contribution in [2.45, 2.75) is 12.8 Å². The largest absolute Gasteiger partial charge is 0.482 e. The van der Waals surface area contributed by atoms with Gasteiger partial charge in [0.25, 0.3) is 11.6 Å². The number of para-hydroxylation sites is 1. The number of carbonyl (C=O) groups excluding carboxylic acids is 2. The number of anilines is 1. The van der Waals surface area contributed by atoms with Crippen molar-refractivity contribution in [2.75, 3.05) is 24.7 Å². The van der Waals surface area contributed by atoms with Gasteiger partial charge in [0.1, 0.15) is 5.75 Å². The molecule has 0 saturated carbocycles. The van der Waals surface area contributed by atoms with E-state index >= 15 is 0 Å². The molecule has 0 N–H and O–H groups in total. The third-order valence-electron chi connectivity index (χ3n) is 4.17. The summed E-state index contributed by atoms with van der Waals surface area (Å²) in [7, 11) is 0. The van der Waals surface area contributed by atoms with E-state index in [9.17, 15) is 19.7 Å². The van der Waals surface area contributed by atoms with E-state index in [4.69, 9.17) is 9.47 Å². The molecule has 0 aromatic heterocycles. The molecule has 1 amide bonds. The second kappa shape index (κ2) is 8.31. The molecule has 0 aliphatic carbocycles. The van der Waals surface area contributed by atoms with Crippen molar-refractivity contribution >= 4 is 23.3 Å². The minimum Gasteiger partial charge on any atom is -0.482 e. The Hall–Kier alpha value is -3.42. The first-order chi connectivity index (χ1) is 13.0. The molecule has 0 radical (unpaired) electrons. The van der Waals surface area contributed by atoms with E-state index in [-0.39, 0.29) is 24.8 Å². The molecule has 1 aliphatic heterocycles. The number of benzene rings is 2. The van der Waals surface area contributed by atoms with Crippen molar-refractivity contribution in [1.29, 1.82) is 0 Å². The molecule has 0 spiro atoms. The zero-order chi connectivity index (χ0) is 19.2. The van der Waals surface area contributed by atoms with E-state index in [2.05, 4.69) is 0 Å². The van der Waals surface area contributed by atoms with Crippen LogP contribution < -0.4 is 9.64 Å². The van der Waals surface area contributed by atoms with Crippen molar-refractivity contribution in [3.8, 4) is 5.75 Å². The highest BCUT2D eigenvalue weighted by Gasteiger charge is 2.23. The summed E-state index contributed by atoms with van der Waals surface area (Å²) in [5, 5.41) is 10.6. The van der Waals surface area contributed by atoms with Crippen LogP contribution in [0.4, 0.5) is 11.4 Å². The van der Waals surface area contributed by atoms with Crippen molar-refractivity contribution in [1.82, 2.24) is 0 Å². The van der Waals surface area contributed by atoms with E-state index in [1.807, 2.05) is 24.3 Å². The Labute approximate surface area is 155 Å². The minimum atomic E-state index is -0.688. The maximum absolute atomic E-state index is 12.4. The van der Waals surface area contributed by atoms with Crippen LogP contribution in [0.15, 0.2) is 48.5 Å². The Kier molecular flexibility index (Phi) is 5.65. The van der Waals surface area contributed by atoms with Crippen LogP contribution in [0.5, 0.6) is 5.75 Å². The van der Waals surface area contributed by atoms with E-state index in [1.165, 1.54) is 24.3 Å². The first-order valence-corrected chi connectivity index (χ1v) is 8.46. The quantitative estimate of drug-likeness (QED) is 0.440. The molecular formula is C19H18N2O6. The molecule has 0 fully saturated rings. The van der Waals surface area contributed by atoms with Crippen molar-refractivity contribution in [2.24, 2.45) is 0 Å². The number of nitro groups is 1. The average molecular weight is 370 g/mol. The lowest BCUT2D eigenvalue weighted by molar-refractivity contribution is -0.384. The van der Waals surface area contributed by atoms with Gasteiger partial charge in [-0.3, -0.25) is 14.9 Å². The molecule has 0 unspecified atom stereocenters. The lowest BCUT2D eigenvalue weighted by Crippen LogP contribution is -2.38. The molecule has 2 aromatic rings. The minimum absolute atomic E-state index is 0.0719. The van der Waals surface area contributed by atoms with Gasteiger partial charge in [0.05, 0.1) is 4.92 Å². The van der Waals surface area contributed by atoms with Gasteiger partial charge in [0, 0.05) is 24.4 Å². The molecule has 3 rings (SSSR count). The van der Waals surface area contributed by atoms with Gasteiger partial charge in [-0.1, -0.05) is 18.2 Å². The number of nitrogens with zero attached hydrogens (tertiary/aromatic N) is 2. The molecule has 1 aliphatic rings. The van der Waals surface area contributed by atoms with Crippen LogP contribution in [-0.4, -0.2) is 36.6 Å². The van der Waals surface area contributed by atoms with Crippen LogP contribution in [0.25, 0.3) is 0 Å². The van der Waals surface area contributed by atoms with Gasteiger partial charge in [-0.15, -0.1) is 0 Å². The molecule has 140 valence electrons. The SMILES string of the molecule is O=C(COc1ccc([N+](=O)[O-])cc1)OCC(=O)N1CCCc2ccccc21. The smallest absolute Gasteiger partial charge is 0.344 e. The number of carbonyl (C=O) groups is 2. The van der Waals surface area contributed by atoms with Gasteiger partial charge in [-0.05, 0) is 36.6 Å². The summed E-state index contributed by atoms with van der Waals surface area (Å²) in [5.74, 6) is -0.674. The molecule has 8 nitrogen and oxygen atoms in total. The fraction of sp³-hybridized carbons (Fsp3) is 0.263. The summed E-state index contributed by atoms with van der Waals surface area (Å²) in [6.45, 7) is -0.162. The number of ether oxygens (including phenoxy) is 2. The lowest BCUT2D eigenvalue weighted by atomic mass is 10.0. The predicted molar refractivity (Wildman–Crippen MR) is 96.7 cm³/mol. The van der Waals surface area contributed by atoms with Crippen molar-refractivity contribution < 1.29 is 24.0 Å². The fourth-order valence-electron chi connectivity index (χ4n) is 2.86. The van der Waals surface area contributed by atoms with Gasteiger partial charge in [-0.2, -0.15) is 0 Å². The second-order valence-electron chi connectivity index (χ2n) is 5.98. The van der Waals surface area contributed by atoms with Crippen LogP contribution in [0.3, 0.4) is 0 Å². The third-order valence-corrected chi connectivity index (χ3v) is 4.17. The number of amides is 1. The average Bonchev–Trinajstić information content (AvgIpc) is 2.70. The number of fused-ring (bicyclic) bond motifs is 1. The topological polar surface area (TPSA) is 99.0 Å². The number of nitro benzene ring substituents is 1. The number of aryl methyl sites for hydroxylation is 1. The monoisotopic (exact) mass is 370 g/mol. The molecule has 0 bridgehead atoms. The standard InChI is InChI=1S/C19H18N2O6/c22-18(20-11-3-5-14-4-1-2-6-17(14)20)12-27-19(23)13-26-16-9-7-15(8-10-16)21(24)25/h1-2,4,6-10H,3,5,11-13H2. The summed E-state index contributed by atoms with van der Waals surface area (Å²) < 4.78 is 10.2. The Morgan fingerprint density at radius 2 is 1.81 bits per heavy atom.